The lowest BCUT2D eigenvalue weighted by Crippen LogP contribution is -2.15. The zero-order chi connectivity index (χ0) is 19.6. The van der Waals surface area contributed by atoms with Gasteiger partial charge in [0.05, 0.1) is 10.6 Å². The number of hydrogen-bond donors (Lipinski definition) is 1. The molecule has 10 heteroatoms. The third-order valence-electron chi connectivity index (χ3n) is 4.34. The van der Waals surface area contributed by atoms with Crippen molar-refractivity contribution in [3.8, 4) is 22.2 Å². The maximum absolute atomic E-state index is 12.3. The number of thioether (sulfide) groups is 1. The first kappa shape index (κ1) is 18.1. The van der Waals surface area contributed by atoms with Gasteiger partial charge in [0.2, 0.25) is 11.8 Å². The van der Waals surface area contributed by atoms with Crippen LogP contribution in [0.25, 0.3) is 22.2 Å². The Bertz CT molecular complexity index is 1120. The first-order valence-corrected chi connectivity index (χ1v) is 10.9. The molecule has 146 valence electrons. The van der Waals surface area contributed by atoms with Crippen LogP contribution in [0, 0.1) is 0 Å². The molecule has 1 amide bonds. The van der Waals surface area contributed by atoms with Crippen molar-refractivity contribution in [3.63, 3.8) is 0 Å². The van der Waals surface area contributed by atoms with Crippen molar-refractivity contribution in [3.05, 3.63) is 47.8 Å². The second kappa shape index (κ2) is 7.80. The molecule has 1 fully saturated rings. The molecule has 0 aliphatic heterocycles. The standard InChI is InChI=1S/C19H16N6O2S2/c26-15(20-18-23-22-17(27-18)12-5-2-1-3-6-12)11-29-19-24-21-16(14-7-4-10-28-14)25(19)13-8-9-13/h1-7,10,13H,8-9,11H2,(H,20,23,26). The minimum absolute atomic E-state index is 0.0809. The fourth-order valence-electron chi connectivity index (χ4n) is 2.87. The van der Waals surface area contributed by atoms with E-state index in [4.69, 9.17) is 4.42 Å². The van der Waals surface area contributed by atoms with Gasteiger partial charge in [0, 0.05) is 11.6 Å². The first-order chi connectivity index (χ1) is 14.3. The molecule has 0 radical (unpaired) electrons. The van der Waals surface area contributed by atoms with Crippen molar-refractivity contribution in [2.45, 2.75) is 24.0 Å². The number of nitrogens with one attached hydrogen (secondary N) is 1. The van der Waals surface area contributed by atoms with Crippen LogP contribution in [-0.4, -0.2) is 36.6 Å². The van der Waals surface area contributed by atoms with Crippen molar-refractivity contribution >= 4 is 35.0 Å². The highest BCUT2D eigenvalue weighted by atomic mass is 32.2. The van der Waals surface area contributed by atoms with Gasteiger partial charge in [-0.3, -0.25) is 14.7 Å². The molecule has 0 unspecified atom stereocenters. The lowest BCUT2D eigenvalue weighted by atomic mass is 10.2. The van der Waals surface area contributed by atoms with Gasteiger partial charge in [-0.25, -0.2) is 0 Å². The van der Waals surface area contributed by atoms with Gasteiger partial charge in [-0.05, 0) is 36.4 Å². The van der Waals surface area contributed by atoms with E-state index in [1.807, 2.05) is 47.8 Å². The van der Waals surface area contributed by atoms with Crippen LogP contribution in [0.5, 0.6) is 0 Å². The number of carbonyl (C=O) groups is 1. The number of amides is 1. The van der Waals surface area contributed by atoms with Crippen LogP contribution in [0.15, 0.2) is 57.4 Å². The first-order valence-electron chi connectivity index (χ1n) is 9.08. The van der Waals surface area contributed by atoms with Crippen molar-refractivity contribution in [1.82, 2.24) is 25.0 Å². The molecule has 3 aromatic heterocycles. The van der Waals surface area contributed by atoms with Gasteiger partial charge in [-0.2, -0.15) is 0 Å². The molecular weight excluding hydrogens is 408 g/mol. The maximum atomic E-state index is 12.3. The van der Waals surface area contributed by atoms with E-state index in [0.717, 1.165) is 34.3 Å². The molecule has 1 N–H and O–H groups in total. The highest BCUT2D eigenvalue weighted by molar-refractivity contribution is 7.99. The van der Waals surface area contributed by atoms with Crippen molar-refractivity contribution in [1.29, 1.82) is 0 Å². The fourth-order valence-corrected chi connectivity index (χ4v) is 4.38. The van der Waals surface area contributed by atoms with Crippen LogP contribution in [-0.2, 0) is 4.79 Å². The molecule has 1 aromatic carbocycles. The Hall–Kier alpha value is -2.98. The van der Waals surface area contributed by atoms with E-state index in [0.29, 0.717) is 11.9 Å². The van der Waals surface area contributed by atoms with Gasteiger partial charge < -0.3 is 4.42 Å². The van der Waals surface area contributed by atoms with Gasteiger partial charge in [-0.15, -0.1) is 26.6 Å². The molecule has 4 aromatic rings. The lowest BCUT2D eigenvalue weighted by Gasteiger charge is -2.07. The summed E-state index contributed by atoms with van der Waals surface area (Å²) in [7, 11) is 0. The molecule has 1 aliphatic rings. The molecule has 0 bridgehead atoms. The fraction of sp³-hybridized carbons (Fsp3) is 0.211. The summed E-state index contributed by atoms with van der Waals surface area (Å²) in [5.41, 5.74) is 0.800. The number of hydrogen-bond acceptors (Lipinski definition) is 8. The summed E-state index contributed by atoms with van der Waals surface area (Å²) in [6.07, 6.45) is 2.22. The number of rotatable bonds is 7. The van der Waals surface area contributed by atoms with Gasteiger partial charge in [0.1, 0.15) is 0 Å². The number of benzene rings is 1. The zero-order valence-electron chi connectivity index (χ0n) is 15.2. The van der Waals surface area contributed by atoms with Crippen LogP contribution < -0.4 is 5.32 Å². The molecular formula is C19H16N6O2S2. The summed E-state index contributed by atoms with van der Waals surface area (Å²) in [6, 6.07) is 13.9. The minimum Gasteiger partial charge on any atom is -0.403 e. The number of carbonyl (C=O) groups excluding carboxylic acids is 1. The quantitative estimate of drug-likeness (QED) is 0.446. The van der Waals surface area contributed by atoms with E-state index < -0.39 is 0 Å². The Morgan fingerprint density at radius 2 is 2.00 bits per heavy atom. The van der Waals surface area contributed by atoms with Gasteiger partial charge in [-0.1, -0.05) is 41.1 Å². The van der Waals surface area contributed by atoms with Crippen molar-refractivity contribution in [2.24, 2.45) is 0 Å². The summed E-state index contributed by atoms with van der Waals surface area (Å²) in [5.74, 6) is 1.18. The average molecular weight is 425 g/mol. The number of thiophene rings is 1. The summed E-state index contributed by atoms with van der Waals surface area (Å²) in [4.78, 5) is 13.4. The Balaban J connectivity index is 1.24. The second-order valence-electron chi connectivity index (χ2n) is 6.50. The molecule has 3 heterocycles. The molecule has 5 rings (SSSR count). The topological polar surface area (TPSA) is 98.7 Å². The van der Waals surface area contributed by atoms with Gasteiger partial charge in [0.15, 0.2) is 11.0 Å². The summed E-state index contributed by atoms with van der Waals surface area (Å²) in [5, 5.41) is 21.9. The predicted molar refractivity (Wildman–Crippen MR) is 111 cm³/mol. The smallest absolute Gasteiger partial charge is 0.322 e. The molecule has 1 aliphatic carbocycles. The third-order valence-corrected chi connectivity index (χ3v) is 6.15. The largest absolute Gasteiger partial charge is 0.403 e. The Kier molecular flexibility index (Phi) is 4.86. The molecule has 0 saturated heterocycles. The van der Waals surface area contributed by atoms with E-state index in [-0.39, 0.29) is 17.7 Å². The summed E-state index contributed by atoms with van der Waals surface area (Å²) < 4.78 is 7.67. The van der Waals surface area contributed by atoms with E-state index in [1.54, 1.807) is 11.3 Å². The molecule has 0 spiro atoms. The lowest BCUT2D eigenvalue weighted by molar-refractivity contribution is -0.113. The highest BCUT2D eigenvalue weighted by Crippen LogP contribution is 2.41. The van der Waals surface area contributed by atoms with Crippen LogP contribution in [0.4, 0.5) is 6.01 Å². The van der Waals surface area contributed by atoms with Crippen molar-refractivity contribution < 1.29 is 9.21 Å². The average Bonchev–Trinajstić information content (AvgIpc) is 3.15. The van der Waals surface area contributed by atoms with Crippen LogP contribution >= 0.6 is 23.1 Å². The second-order valence-corrected chi connectivity index (χ2v) is 8.39. The number of nitrogens with zero attached hydrogens (tertiary/aromatic N) is 5. The van der Waals surface area contributed by atoms with E-state index >= 15 is 0 Å². The Morgan fingerprint density at radius 3 is 2.76 bits per heavy atom. The predicted octanol–water partition coefficient (Wildman–Crippen LogP) is 4.12. The van der Waals surface area contributed by atoms with Gasteiger partial charge >= 0.3 is 6.01 Å². The van der Waals surface area contributed by atoms with E-state index in [1.165, 1.54) is 11.8 Å². The summed E-state index contributed by atoms with van der Waals surface area (Å²) in [6.45, 7) is 0. The van der Waals surface area contributed by atoms with Crippen LogP contribution in [0.3, 0.4) is 0 Å². The molecule has 29 heavy (non-hydrogen) atoms. The maximum Gasteiger partial charge on any atom is 0.322 e. The Labute approximate surface area is 174 Å². The highest BCUT2D eigenvalue weighted by Gasteiger charge is 2.30. The van der Waals surface area contributed by atoms with Crippen molar-refractivity contribution in [2.75, 3.05) is 11.1 Å². The van der Waals surface area contributed by atoms with Gasteiger partial charge in [0.25, 0.3) is 0 Å². The zero-order valence-corrected chi connectivity index (χ0v) is 16.8. The van der Waals surface area contributed by atoms with E-state index in [2.05, 4.69) is 30.3 Å². The number of anilines is 1. The van der Waals surface area contributed by atoms with Crippen LogP contribution in [0.1, 0.15) is 18.9 Å². The minimum atomic E-state index is -0.235. The summed E-state index contributed by atoms with van der Waals surface area (Å²) >= 11 is 2.99. The molecule has 8 nitrogen and oxygen atoms in total. The molecule has 0 atom stereocenters. The monoisotopic (exact) mass is 424 g/mol. The third kappa shape index (κ3) is 3.94. The molecule has 1 saturated carbocycles. The van der Waals surface area contributed by atoms with Crippen LogP contribution in [0.2, 0.25) is 0 Å². The normalized spacial score (nSPS) is 13.5. The number of aromatic nitrogens is 5. The SMILES string of the molecule is O=C(CSc1nnc(-c2cccs2)n1C1CC1)Nc1nnc(-c2ccccc2)o1. The van der Waals surface area contributed by atoms with E-state index in [9.17, 15) is 4.79 Å². The Morgan fingerprint density at radius 1 is 1.14 bits per heavy atom.